The molecule has 1 aromatic heterocycles. The molecule has 3 rings (SSSR count). The van der Waals surface area contributed by atoms with Crippen LogP contribution in [0.2, 0.25) is 0 Å². The average Bonchev–Trinajstić information content (AvgIpc) is 2.51. The molecule has 0 bridgehead atoms. The molecular weight excluding hydrogens is 328 g/mol. The molecule has 2 fully saturated rings. The van der Waals surface area contributed by atoms with Gasteiger partial charge in [0.25, 0.3) is 0 Å². The summed E-state index contributed by atoms with van der Waals surface area (Å²) in [7, 11) is -3.12. The highest BCUT2D eigenvalue weighted by molar-refractivity contribution is 7.89. The van der Waals surface area contributed by atoms with Gasteiger partial charge in [-0.3, -0.25) is 4.98 Å². The van der Waals surface area contributed by atoms with Gasteiger partial charge in [-0.2, -0.15) is 4.31 Å². The summed E-state index contributed by atoms with van der Waals surface area (Å²) in [5.74, 6) is 0.210. The van der Waals surface area contributed by atoms with Crippen molar-refractivity contribution in [2.45, 2.75) is 51.4 Å². The van der Waals surface area contributed by atoms with Gasteiger partial charge in [-0.05, 0) is 31.9 Å². The first-order valence-corrected chi connectivity index (χ1v) is 10.2. The standard InChI is InChI=1S/C17H26N2O4S/c1-3-9-24(20,21)19-12-17(13-19)10-16(7-8-23-17)22-11-15-6-4-5-14(2)18-15/h4-6,16H,3,7-13H2,1-2H3. The van der Waals surface area contributed by atoms with Crippen molar-refractivity contribution in [2.24, 2.45) is 0 Å². The lowest BCUT2D eigenvalue weighted by Crippen LogP contribution is -2.67. The molecule has 134 valence electrons. The summed E-state index contributed by atoms with van der Waals surface area (Å²) in [6.45, 7) is 5.86. The second-order valence-electron chi connectivity index (χ2n) is 6.81. The average molecular weight is 354 g/mol. The van der Waals surface area contributed by atoms with Crippen molar-refractivity contribution in [1.82, 2.24) is 9.29 Å². The first-order valence-electron chi connectivity index (χ1n) is 8.58. The van der Waals surface area contributed by atoms with Crippen molar-refractivity contribution < 1.29 is 17.9 Å². The lowest BCUT2D eigenvalue weighted by molar-refractivity contribution is -0.180. The topological polar surface area (TPSA) is 68.7 Å². The highest BCUT2D eigenvalue weighted by Gasteiger charge is 2.51. The van der Waals surface area contributed by atoms with Crippen molar-refractivity contribution in [1.29, 1.82) is 0 Å². The molecule has 2 aliphatic heterocycles. The SMILES string of the molecule is CCCS(=O)(=O)N1CC2(CC(OCc3cccc(C)n3)CCO2)C1. The number of hydrogen-bond acceptors (Lipinski definition) is 5. The number of sulfonamides is 1. The van der Waals surface area contributed by atoms with E-state index in [0.29, 0.717) is 32.7 Å². The van der Waals surface area contributed by atoms with E-state index in [4.69, 9.17) is 9.47 Å². The van der Waals surface area contributed by atoms with Crippen LogP contribution in [0.25, 0.3) is 0 Å². The maximum absolute atomic E-state index is 12.1. The summed E-state index contributed by atoms with van der Waals surface area (Å²) in [4.78, 5) is 4.45. The van der Waals surface area contributed by atoms with Crippen molar-refractivity contribution in [3.05, 3.63) is 29.6 Å². The Labute approximate surface area is 144 Å². The molecule has 1 atom stereocenters. The largest absolute Gasteiger partial charge is 0.372 e. The molecule has 0 saturated carbocycles. The third kappa shape index (κ3) is 3.96. The minimum Gasteiger partial charge on any atom is -0.372 e. The van der Waals surface area contributed by atoms with Gasteiger partial charge in [0.1, 0.15) is 0 Å². The minimum absolute atomic E-state index is 0.0945. The van der Waals surface area contributed by atoms with Gasteiger partial charge in [0.15, 0.2) is 0 Å². The Morgan fingerprint density at radius 1 is 1.42 bits per heavy atom. The number of rotatable bonds is 6. The zero-order chi connectivity index (χ0) is 17.2. The third-order valence-corrected chi connectivity index (χ3v) is 6.61. The Balaban J connectivity index is 1.52. The molecule has 1 unspecified atom stereocenters. The van der Waals surface area contributed by atoms with E-state index < -0.39 is 10.0 Å². The van der Waals surface area contributed by atoms with Gasteiger partial charge < -0.3 is 9.47 Å². The molecule has 3 heterocycles. The predicted molar refractivity (Wildman–Crippen MR) is 91.1 cm³/mol. The number of pyridine rings is 1. The molecule has 0 aliphatic carbocycles. The fourth-order valence-corrected chi connectivity index (χ4v) is 5.05. The molecule has 6 nitrogen and oxygen atoms in total. The summed E-state index contributed by atoms with van der Waals surface area (Å²) >= 11 is 0. The van der Waals surface area contributed by atoms with Crippen LogP contribution in [-0.4, -0.2) is 54.9 Å². The molecule has 1 aromatic rings. The van der Waals surface area contributed by atoms with E-state index in [-0.39, 0.29) is 17.5 Å². The number of hydrogen-bond donors (Lipinski definition) is 0. The van der Waals surface area contributed by atoms with Gasteiger partial charge in [0.2, 0.25) is 10.0 Å². The number of aryl methyl sites for hydroxylation is 1. The Kier molecular flexibility index (Phi) is 5.24. The molecule has 7 heteroatoms. The maximum atomic E-state index is 12.1. The van der Waals surface area contributed by atoms with Crippen molar-refractivity contribution in [3.8, 4) is 0 Å². The van der Waals surface area contributed by atoms with Crippen LogP contribution in [0, 0.1) is 6.92 Å². The second kappa shape index (κ2) is 7.07. The fourth-order valence-electron chi connectivity index (χ4n) is 3.41. The normalized spacial score (nSPS) is 24.0. The van der Waals surface area contributed by atoms with Gasteiger partial charge in [-0.1, -0.05) is 13.0 Å². The quantitative estimate of drug-likeness (QED) is 0.780. The molecule has 0 aromatic carbocycles. The second-order valence-corrected chi connectivity index (χ2v) is 8.90. The van der Waals surface area contributed by atoms with Gasteiger partial charge in [0.05, 0.1) is 29.8 Å². The van der Waals surface area contributed by atoms with Gasteiger partial charge >= 0.3 is 0 Å². The summed E-state index contributed by atoms with van der Waals surface area (Å²) in [5, 5.41) is 0. The summed E-state index contributed by atoms with van der Waals surface area (Å²) in [6, 6.07) is 5.91. The Morgan fingerprint density at radius 2 is 2.21 bits per heavy atom. The number of ether oxygens (including phenoxy) is 2. The van der Waals surface area contributed by atoms with E-state index in [0.717, 1.165) is 24.2 Å². The Bertz CT molecular complexity index is 671. The van der Waals surface area contributed by atoms with E-state index >= 15 is 0 Å². The highest BCUT2D eigenvalue weighted by atomic mass is 32.2. The smallest absolute Gasteiger partial charge is 0.214 e. The van der Waals surface area contributed by atoms with E-state index in [1.54, 1.807) is 4.31 Å². The van der Waals surface area contributed by atoms with Gasteiger partial charge in [-0.25, -0.2) is 8.42 Å². The first-order chi connectivity index (χ1) is 11.4. The van der Waals surface area contributed by atoms with Crippen LogP contribution in [0.15, 0.2) is 18.2 Å². The summed E-state index contributed by atoms with van der Waals surface area (Å²) in [5.41, 5.74) is 1.55. The van der Waals surface area contributed by atoms with Crippen LogP contribution in [0.1, 0.15) is 37.6 Å². The van der Waals surface area contributed by atoms with Crippen LogP contribution in [0.3, 0.4) is 0 Å². The molecule has 2 aliphatic rings. The third-order valence-electron chi connectivity index (χ3n) is 4.65. The van der Waals surface area contributed by atoms with Crippen LogP contribution in [-0.2, 0) is 26.1 Å². The summed E-state index contributed by atoms with van der Waals surface area (Å²) in [6.07, 6.45) is 2.32. The zero-order valence-electron chi connectivity index (χ0n) is 14.4. The Morgan fingerprint density at radius 3 is 2.92 bits per heavy atom. The van der Waals surface area contributed by atoms with E-state index in [1.807, 2.05) is 32.0 Å². The molecule has 0 radical (unpaired) electrons. The van der Waals surface area contributed by atoms with Crippen LogP contribution in [0.4, 0.5) is 0 Å². The molecule has 2 saturated heterocycles. The molecule has 24 heavy (non-hydrogen) atoms. The van der Waals surface area contributed by atoms with Gasteiger partial charge in [-0.15, -0.1) is 0 Å². The maximum Gasteiger partial charge on any atom is 0.214 e. The van der Waals surface area contributed by atoms with E-state index in [1.165, 1.54) is 0 Å². The number of aromatic nitrogens is 1. The Hall–Kier alpha value is -1.02. The van der Waals surface area contributed by atoms with E-state index in [2.05, 4.69) is 4.98 Å². The van der Waals surface area contributed by atoms with E-state index in [9.17, 15) is 8.42 Å². The van der Waals surface area contributed by atoms with Crippen molar-refractivity contribution in [2.75, 3.05) is 25.4 Å². The minimum atomic E-state index is -3.12. The fraction of sp³-hybridized carbons (Fsp3) is 0.706. The summed E-state index contributed by atoms with van der Waals surface area (Å²) < 4.78 is 37.6. The van der Waals surface area contributed by atoms with Crippen LogP contribution in [0.5, 0.6) is 0 Å². The monoisotopic (exact) mass is 354 g/mol. The van der Waals surface area contributed by atoms with Gasteiger partial charge in [0, 0.05) is 31.8 Å². The highest BCUT2D eigenvalue weighted by Crippen LogP contribution is 2.37. The van der Waals surface area contributed by atoms with Crippen LogP contribution >= 0.6 is 0 Å². The lowest BCUT2D eigenvalue weighted by atomic mass is 9.86. The van der Waals surface area contributed by atoms with Crippen LogP contribution < -0.4 is 0 Å². The number of nitrogens with zero attached hydrogens (tertiary/aromatic N) is 2. The molecule has 0 amide bonds. The molecular formula is C17H26N2O4S. The molecule has 0 N–H and O–H groups in total. The first kappa shape index (κ1) is 17.8. The van der Waals surface area contributed by atoms with Crippen molar-refractivity contribution >= 4 is 10.0 Å². The predicted octanol–water partition coefficient (Wildman–Crippen LogP) is 1.88. The molecule has 1 spiro atoms. The zero-order valence-corrected chi connectivity index (χ0v) is 15.2. The lowest BCUT2D eigenvalue weighted by Gasteiger charge is -2.52. The van der Waals surface area contributed by atoms with Crippen molar-refractivity contribution in [3.63, 3.8) is 0 Å².